The summed E-state index contributed by atoms with van der Waals surface area (Å²) < 4.78 is 37.8. The summed E-state index contributed by atoms with van der Waals surface area (Å²) in [6.45, 7) is 0.823. The van der Waals surface area contributed by atoms with Gasteiger partial charge >= 0.3 is 12.2 Å². The second-order valence-electron chi connectivity index (χ2n) is 7.12. The van der Waals surface area contributed by atoms with Crippen LogP contribution in [0, 0.1) is 11.3 Å². The van der Waals surface area contributed by atoms with E-state index in [1.54, 1.807) is 11.9 Å². The molecule has 1 aromatic carbocycles. The van der Waals surface area contributed by atoms with Gasteiger partial charge in [-0.3, -0.25) is 4.79 Å². The van der Waals surface area contributed by atoms with Gasteiger partial charge in [-0.25, -0.2) is 4.79 Å². The van der Waals surface area contributed by atoms with Gasteiger partial charge in [0.25, 0.3) is 0 Å². The fourth-order valence-electron chi connectivity index (χ4n) is 4.19. The maximum atomic E-state index is 12.6. The van der Waals surface area contributed by atoms with E-state index in [4.69, 9.17) is 0 Å². The zero-order valence-corrected chi connectivity index (χ0v) is 14.5. The van der Waals surface area contributed by atoms with Crippen molar-refractivity contribution in [3.8, 4) is 0 Å². The van der Waals surface area contributed by atoms with E-state index in [0.717, 1.165) is 37.8 Å². The van der Waals surface area contributed by atoms with E-state index in [1.165, 1.54) is 12.1 Å². The zero-order valence-electron chi connectivity index (χ0n) is 14.5. The predicted molar refractivity (Wildman–Crippen MR) is 90.5 cm³/mol. The monoisotopic (exact) mass is 369 g/mol. The van der Waals surface area contributed by atoms with E-state index >= 15 is 0 Å². The van der Waals surface area contributed by atoms with Crippen LogP contribution in [0.2, 0.25) is 0 Å². The van der Waals surface area contributed by atoms with Crippen molar-refractivity contribution >= 4 is 17.6 Å². The van der Waals surface area contributed by atoms with Crippen molar-refractivity contribution in [1.82, 2.24) is 10.2 Å². The van der Waals surface area contributed by atoms with Crippen LogP contribution in [-0.2, 0) is 11.0 Å². The van der Waals surface area contributed by atoms with Crippen molar-refractivity contribution < 1.29 is 22.8 Å². The average molecular weight is 369 g/mol. The van der Waals surface area contributed by atoms with Crippen molar-refractivity contribution in [1.29, 1.82) is 0 Å². The Hall–Kier alpha value is -2.25. The van der Waals surface area contributed by atoms with Gasteiger partial charge in [-0.1, -0.05) is 12.8 Å². The molecule has 142 valence electrons. The number of benzene rings is 1. The molecule has 2 fully saturated rings. The summed E-state index contributed by atoms with van der Waals surface area (Å²) in [4.78, 5) is 26.4. The third-order valence-electron chi connectivity index (χ3n) is 5.56. The molecule has 1 aliphatic carbocycles. The number of urea groups is 1. The lowest BCUT2D eigenvalue weighted by Crippen LogP contribution is -2.38. The van der Waals surface area contributed by atoms with Crippen LogP contribution >= 0.6 is 0 Å². The molecular formula is C18H22F3N3O2. The minimum Gasteiger partial charge on any atom is -0.359 e. The Kier molecular flexibility index (Phi) is 4.86. The average Bonchev–Trinajstić information content (AvgIpc) is 3.22. The van der Waals surface area contributed by atoms with E-state index < -0.39 is 11.7 Å². The maximum absolute atomic E-state index is 12.6. The smallest absolute Gasteiger partial charge is 0.359 e. The number of hydrogen-bond donors (Lipinski definition) is 2. The molecule has 2 aliphatic rings. The minimum atomic E-state index is -4.41. The fraction of sp³-hybridized carbons (Fsp3) is 0.556. The van der Waals surface area contributed by atoms with Gasteiger partial charge < -0.3 is 15.5 Å². The SMILES string of the molecule is CNC(=O)C1CN(C(=O)Nc2ccc(C(F)(F)F)cc2)CC12CCCC2. The predicted octanol–water partition coefficient (Wildman–Crippen LogP) is 3.48. The highest BCUT2D eigenvalue weighted by molar-refractivity contribution is 5.90. The topological polar surface area (TPSA) is 61.4 Å². The first-order valence-electron chi connectivity index (χ1n) is 8.70. The largest absolute Gasteiger partial charge is 0.416 e. The van der Waals surface area contributed by atoms with Crippen molar-refractivity contribution in [2.45, 2.75) is 31.9 Å². The summed E-state index contributed by atoms with van der Waals surface area (Å²) >= 11 is 0. The molecule has 1 unspecified atom stereocenters. The number of alkyl halides is 3. The molecule has 1 spiro atoms. The highest BCUT2D eigenvalue weighted by Gasteiger charge is 2.52. The molecule has 1 saturated carbocycles. The standard InChI is InChI=1S/C18H22F3N3O2/c1-22-15(25)14-10-24(11-17(14)8-2-3-9-17)16(26)23-13-6-4-12(5-7-13)18(19,20)21/h4-7,14H,2-3,8-11H2,1H3,(H,22,25)(H,23,26). The number of nitrogens with one attached hydrogen (secondary N) is 2. The van der Waals surface area contributed by atoms with Crippen LogP contribution in [0.3, 0.4) is 0 Å². The molecule has 0 radical (unpaired) electrons. The molecule has 1 heterocycles. The first-order chi connectivity index (χ1) is 12.2. The molecule has 2 N–H and O–H groups in total. The molecule has 3 rings (SSSR count). The first kappa shape index (κ1) is 18.5. The van der Waals surface area contributed by atoms with Gasteiger partial charge in [0.2, 0.25) is 5.91 Å². The number of rotatable bonds is 2. The molecule has 5 nitrogen and oxygen atoms in total. The molecule has 1 atom stereocenters. The number of carbonyl (C=O) groups excluding carboxylic acids is 2. The lowest BCUT2D eigenvalue weighted by Gasteiger charge is -2.28. The van der Waals surface area contributed by atoms with Gasteiger partial charge in [0.05, 0.1) is 11.5 Å². The number of likely N-dealkylation sites (tertiary alicyclic amines) is 1. The summed E-state index contributed by atoms with van der Waals surface area (Å²) in [6.07, 6.45) is -0.499. The van der Waals surface area contributed by atoms with Crippen LogP contribution in [0.4, 0.5) is 23.7 Å². The molecule has 0 aromatic heterocycles. The number of amides is 3. The van der Waals surface area contributed by atoms with Crippen molar-refractivity contribution in [3.05, 3.63) is 29.8 Å². The fourth-order valence-corrected chi connectivity index (χ4v) is 4.19. The van der Waals surface area contributed by atoms with Gasteiger partial charge in [-0.2, -0.15) is 13.2 Å². The van der Waals surface area contributed by atoms with Crippen molar-refractivity contribution in [2.75, 3.05) is 25.5 Å². The second-order valence-corrected chi connectivity index (χ2v) is 7.12. The number of carbonyl (C=O) groups is 2. The lowest BCUT2D eigenvalue weighted by molar-refractivity contribution is -0.137. The Balaban J connectivity index is 1.69. The molecule has 26 heavy (non-hydrogen) atoms. The molecule has 1 aromatic rings. The Morgan fingerprint density at radius 2 is 1.77 bits per heavy atom. The van der Waals surface area contributed by atoms with E-state index in [2.05, 4.69) is 10.6 Å². The molecule has 3 amide bonds. The van der Waals surface area contributed by atoms with Crippen LogP contribution in [0.1, 0.15) is 31.2 Å². The van der Waals surface area contributed by atoms with E-state index in [1.807, 2.05) is 0 Å². The molecule has 1 aliphatic heterocycles. The van der Waals surface area contributed by atoms with Gasteiger partial charge in [0.1, 0.15) is 0 Å². The van der Waals surface area contributed by atoms with Crippen molar-refractivity contribution in [2.24, 2.45) is 11.3 Å². The summed E-state index contributed by atoms with van der Waals surface area (Å²) in [6, 6.07) is 3.95. The second kappa shape index (κ2) is 6.81. The van der Waals surface area contributed by atoms with E-state index in [9.17, 15) is 22.8 Å². The van der Waals surface area contributed by atoms with Crippen LogP contribution in [-0.4, -0.2) is 37.0 Å². The van der Waals surface area contributed by atoms with Gasteiger partial charge in [-0.05, 0) is 37.1 Å². The van der Waals surface area contributed by atoms with Gasteiger partial charge in [0.15, 0.2) is 0 Å². The minimum absolute atomic E-state index is 0.0586. The molecule has 8 heteroatoms. The summed E-state index contributed by atoms with van der Waals surface area (Å²) in [5.74, 6) is -0.301. The zero-order chi connectivity index (χ0) is 18.9. The Bertz CT molecular complexity index is 682. The summed E-state index contributed by atoms with van der Waals surface area (Å²) in [7, 11) is 1.59. The number of hydrogen-bond acceptors (Lipinski definition) is 2. The highest BCUT2D eigenvalue weighted by atomic mass is 19.4. The lowest BCUT2D eigenvalue weighted by atomic mass is 9.76. The first-order valence-corrected chi connectivity index (χ1v) is 8.70. The highest BCUT2D eigenvalue weighted by Crippen LogP contribution is 2.49. The van der Waals surface area contributed by atoms with Crippen LogP contribution in [0.5, 0.6) is 0 Å². The van der Waals surface area contributed by atoms with Gasteiger partial charge in [0, 0.05) is 31.2 Å². The van der Waals surface area contributed by atoms with E-state index in [0.29, 0.717) is 18.8 Å². The third-order valence-corrected chi connectivity index (χ3v) is 5.56. The summed E-state index contributed by atoms with van der Waals surface area (Å²) in [5.41, 5.74) is -0.648. The van der Waals surface area contributed by atoms with Crippen LogP contribution < -0.4 is 10.6 Å². The van der Waals surface area contributed by atoms with Gasteiger partial charge in [-0.15, -0.1) is 0 Å². The molecule has 0 bridgehead atoms. The number of halogens is 3. The number of nitrogens with zero attached hydrogens (tertiary/aromatic N) is 1. The number of anilines is 1. The Morgan fingerprint density at radius 3 is 2.31 bits per heavy atom. The normalized spacial score (nSPS) is 21.8. The van der Waals surface area contributed by atoms with Crippen molar-refractivity contribution in [3.63, 3.8) is 0 Å². The molecular weight excluding hydrogens is 347 g/mol. The van der Waals surface area contributed by atoms with E-state index in [-0.39, 0.29) is 23.3 Å². The third kappa shape index (κ3) is 3.50. The maximum Gasteiger partial charge on any atom is 0.416 e. The Morgan fingerprint density at radius 1 is 1.15 bits per heavy atom. The van der Waals surface area contributed by atoms with Crippen LogP contribution in [0.15, 0.2) is 24.3 Å². The summed E-state index contributed by atoms with van der Waals surface area (Å²) in [5, 5.41) is 5.32. The quantitative estimate of drug-likeness (QED) is 0.839. The Labute approximate surface area is 149 Å². The molecule has 1 saturated heterocycles. The van der Waals surface area contributed by atoms with Crippen LogP contribution in [0.25, 0.3) is 0 Å².